The van der Waals surface area contributed by atoms with E-state index in [9.17, 15) is 0 Å². The third kappa shape index (κ3) is 3.65. The van der Waals surface area contributed by atoms with Crippen LogP contribution in [-0.2, 0) is 25.5 Å². The lowest BCUT2D eigenvalue weighted by molar-refractivity contribution is 0.292. The molecule has 0 saturated carbocycles. The highest BCUT2D eigenvalue weighted by molar-refractivity contribution is 6.32. The second-order valence-electron chi connectivity index (χ2n) is 4.56. The molecule has 1 aromatic heterocycles. The Bertz CT molecular complexity index is 626. The lowest BCUT2D eigenvalue weighted by atomic mass is 10.2. The minimum absolute atomic E-state index is 0.333. The molecule has 2 rings (SSSR count). The van der Waals surface area contributed by atoms with Gasteiger partial charge in [-0.05, 0) is 31.0 Å². The third-order valence-electron chi connectivity index (χ3n) is 3.21. The lowest BCUT2D eigenvalue weighted by Crippen LogP contribution is -2.06. The van der Waals surface area contributed by atoms with Gasteiger partial charge in [0.2, 0.25) is 0 Å². The monoisotopic (exact) mass is 346 g/mol. The molecule has 3 nitrogen and oxygen atoms in total. The number of hydrogen-bond acceptors (Lipinski definition) is 2. The van der Waals surface area contributed by atoms with Gasteiger partial charge in [-0.15, -0.1) is 11.6 Å². The van der Waals surface area contributed by atoms with Gasteiger partial charge in [0.1, 0.15) is 12.4 Å². The highest BCUT2D eigenvalue weighted by Crippen LogP contribution is 2.28. The van der Waals surface area contributed by atoms with Crippen molar-refractivity contribution in [3.8, 4) is 5.75 Å². The average Bonchev–Trinajstić information content (AvgIpc) is 2.81. The quantitative estimate of drug-likeness (QED) is 0.681. The van der Waals surface area contributed by atoms with Gasteiger partial charge in [0.15, 0.2) is 0 Å². The maximum atomic E-state index is 6.35. The Morgan fingerprint density at radius 1 is 1.24 bits per heavy atom. The summed E-state index contributed by atoms with van der Waals surface area (Å²) in [7, 11) is 0. The Morgan fingerprint density at radius 3 is 2.57 bits per heavy atom. The van der Waals surface area contributed by atoms with E-state index in [2.05, 4.69) is 5.10 Å². The van der Waals surface area contributed by atoms with E-state index in [4.69, 9.17) is 39.5 Å². The van der Waals surface area contributed by atoms with E-state index in [0.29, 0.717) is 28.3 Å². The summed E-state index contributed by atoms with van der Waals surface area (Å²) < 4.78 is 7.65. The summed E-state index contributed by atoms with van der Waals surface area (Å²) in [6.45, 7) is 5.13. The number of alkyl halides is 1. The molecule has 0 bridgehead atoms. The van der Waals surface area contributed by atoms with Crippen LogP contribution in [0.2, 0.25) is 10.0 Å². The minimum Gasteiger partial charge on any atom is -0.486 e. The molecule has 0 fully saturated rings. The van der Waals surface area contributed by atoms with Gasteiger partial charge in [0.05, 0.1) is 21.4 Å². The van der Waals surface area contributed by atoms with Crippen LogP contribution in [0.1, 0.15) is 30.8 Å². The number of hydrogen-bond donors (Lipinski definition) is 0. The lowest BCUT2D eigenvalue weighted by Gasteiger charge is -2.10. The SMILES string of the molecule is CCc1nn(CC)c(COc2ccc(CCl)cc2Cl)c1Cl. The number of rotatable bonds is 6. The van der Waals surface area contributed by atoms with Crippen molar-refractivity contribution in [1.29, 1.82) is 0 Å². The van der Waals surface area contributed by atoms with Crippen LogP contribution < -0.4 is 4.74 Å². The summed E-state index contributed by atoms with van der Waals surface area (Å²) in [6.07, 6.45) is 0.796. The zero-order chi connectivity index (χ0) is 15.4. The molecule has 6 heteroatoms. The van der Waals surface area contributed by atoms with Crippen molar-refractivity contribution < 1.29 is 4.74 Å². The Balaban J connectivity index is 2.18. The first kappa shape index (κ1) is 16.5. The van der Waals surface area contributed by atoms with E-state index in [1.54, 1.807) is 6.07 Å². The highest BCUT2D eigenvalue weighted by Gasteiger charge is 2.15. The zero-order valence-corrected chi connectivity index (χ0v) is 14.3. The van der Waals surface area contributed by atoms with Gasteiger partial charge >= 0.3 is 0 Å². The average molecular weight is 348 g/mol. The third-order valence-corrected chi connectivity index (χ3v) is 4.25. The molecular formula is C15H17Cl3N2O. The van der Waals surface area contributed by atoms with E-state index < -0.39 is 0 Å². The summed E-state index contributed by atoms with van der Waals surface area (Å²) in [5.41, 5.74) is 2.72. The van der Waals surface area contributed by atoms with Crippen LogP contribution in [0.4, 0.5) is 0 Å². The predicted molar refractivity (Wildman–Crippen MR) is 87.6 cm³/mol. The molecule has 21 heavy (non-hydrogen) atoms. The van der Waals surface area contributed by atoms with Crippen molar-refractivity contribution >= 4 is 34.8 Å². The summed E-state index contributed by atoms with van der Waals surface area (Å²) in [5.74, 6) is 1.04. The molecule has 0 spiro atoms. The smallest absolute Gasteiger partial charge is 0.138 e. The van der Waals surface area contributed by atoms with Crippen molar-refractivity contribution in [3.05, 3.63) is 45.2 Å². The van der Waals surface area contributed by atoms with Crippen LogP contribution >= 0.6 is 34.8 Å². The molecule has 0 amide bonds. The van der Waals surface area contributed by atoms with Crippen LogP contribution in [0, 0.1) is 0 Å². The first-order valence-electron chi connectivity index (χ1n) is 6.81. The summed E-state index contributed by atoms with van der Waals surface area (Å²) in [6, 6.07) is 5.52. The topological polar surface area (TPSA) is 27.1 Å². The van der Waals surface area contributed by atoms with E-state index in [0.717, 1.165) is 29.9 Å². The maximum absolute atomic E-state index is 6.35. The van der Waals surface area contributed by atoms with Crippen LogP contribution in [0.25, 0.3) is 0 Å². The van der Waals surface area contributed by atoms with E-state index >= 15 is 0 Å². The Hall–Kier alpha value is -0.900. The second-order valence-corrected chi connectivity index (χ2v) is 5.62. The standard InChI is InChI=1S/C15H17Cl3N2O/c1-3-12-15(18)13(20(4-2)19-12)9-21-14-6-5-10(8-16)7-11(14)17/h5-7H,3-4,8-9H2,1-2H3. The van der Waals surface area contributed by atoms with E-state index in [1.807, 2.05) is 30.7 Å². The fraction of sp³-hybridized carbons (Fsp3) is 0.400. The van der Waals surface area contributed by atoms with Crippen LogP contribution in [0.5, 0.6) is 5.75 Å². The molecule has 1 heterocycles. The number of halogens is 3. The van der Waals surface area contributed by atoms with Crippen molar-refractivity contribution in [1.82, 2.24) is 9.78 Å². The molecular weight excluding hydrogens is 331 g/mol. The largest absolute Gasteiger partial charge is 0.486 e. The first-order valence-corrected chi connectivity index (χ1v) is 8.10. The molecule has 114 valence electrons. The van der Waals surface area contributed by atoms with Gasteiger partial charge in [-0.25, -0.2) is 0 Å². The van der Waals surface area contributed by atoms with Crippen LogP contribution in [0.3, 0.4) is 0 Å². The number of benzene rings is 1. The molecule has 2 aromatic rings. The van der Waals surface area contributed by atoms with Crippen molar-refractivity contribution in [2.45, 2.75) is 39.3 Å². The predicted octanol–water partition coefficient (Wildman–Crippen LogP) is 5.09. The first-order chi connectivity index (χ1) is 10.1. The summed E-state index contributed by atoms with van der Waals surface area (Å²) in [5, 5.41) is 5.68. The fourth-order valence-electron chi connectivity index (χ4n) is 2.05. The van der Waals surface area contributed by atoms with E-state index in [-0.39, 0.29) is 0 Å². The molecule has 0 unspecified atom stereocenters. The van der Waals surface area contributed by atoms with Gasteiger partial charge in [0, 0.05) is 12.4 Å². The number of nitrogens with zero attached hydrogens (tertiary/aromatic N) is 2. The Kier molecular flexibility index (Phi) is 5.80. The van der Waals surface area contributed by atoms with E-state index in [1.165, 1.54) is 0 Å². The Morgan fingerprint density at radius 2 is 2.00 bits per heavy atom. The summed E-state index contributed by atoms with van der Waals surface area (Å²) >= 11 is 18.3. The maximum Gasteiger partial charge on any atom is 0.138 e. The second kappa shape index (κ2) is 7.39. The van der Waals surface area contributed by atoms with Gasteiger partial charge in [-0.1, -0.05) is 36.2 Å². The molecule has 0 N–H and O–H groups in total. The summed E-state index contributed by atoms with van der Waals surface area (Å²) in [4.78, 5) is 0. The van der Waals surface area contributed by atoms with Crippen LogP contribution in [0.15, 0.2) is 18.2 Å². The zero-order valence-electron chi connectivity index (χ0n) is 12.0. The van der Waals surface area contributed by atoms with Gasteiger partial charge < -0.3 is 4.74 Å². The van der Waals surface area contributed by atoms with Gasteiger partial charge in [-0.2, -0.15) is 5.10 Å². The molecule has 0 saturated heterocycles. The molecule has 0 aliphatic rings. The van der Waals surface area contributed by atoms with Crippen molar-refractivity contribution in [2.24, 2.45) is 0 Å². The van der Waals surface area contributed by atoms with Crippen LogP contribution in [-0.4, -0.2) is 9.78 Å². The Labute approximate surface area is 139 Å². The fourth-order valence-corrected chi connectivity index (χ4v) is 2.79. The molecule has 0 atom stereocenters. The van der Waals surface area contributed by atoms with Crippen molar-refractivity contribution in [3.63, 3.8) is 0 Å². The number of aromatic nitrogens is 2. The molecule has 0 aliphatic carbocycles. The van der Waals surface area contributed by atoms with Gasteiger partial charge in [-0.3, -0.25) is 4.68 Å². The van der Waals surface area contributed by atoms with Gasteiger partial charge in [0.25, 0.3) is 0 Å². The normalized spacial score (nSPS) is 10.9. The van der Waals surface area contributed by atoms with Crippen molar-refractivity contribution in [2.75, 3.05) is 0 Å². The minimum atomic E-state index is 0.333. The highest BCUT2D eigenvalue weighted by atomic mass is 35.5. The number of aryl methyl sites for hydroxylation is 2. The molecule has 0 radical (unpaired) electrons. The number of ether oxygens (including phenoxy) is 1. The molecule has 0 aliphatic heterocycles. The molecule has 1 aromatic carbocycles.